The molecule has 3 heterocycles. The molecule has 0 aromatic carbocycles. The maximum atomic E-state index is 12.5. The predicted molar refractivity (Wildman–Crippen MR) is 84.2 cm³/mol. The van der Waals surface area contributed by atoms with Crippen LogP contribution in [0, 0.1) is 13.8 Å². The second-order valence-electron chi connectivity index (χ2n) is 4.96. The second-order valence-corrected chi connectivity index (χ2v) is 4.96. The number of nitrogens with two attached hydrogens (primary N) is 1. The van der Waals surface area contributed by atoms with Crippen LogP contribution in [0.4, 0.5) is 5.82 Å². The van der Waals surface area contributed by atoms with E-state index in [1.165, 1.54) is 0 Å². The zero-order chi connectivity index (χ0) is 16.1. The molecule has 1 amide bonds. The molecule has 2 N–H and O–H groups in total. The normalized spacial score (nSPS) is 14.4. The van der Waals surface area contributed by atoms with Crippen LogP contribution in [0.2, 0.25) is 0 Å². The summed E-state index contributed by atoms with van der Waals surface area (Å²) >= 11 is 0. The molecule has 1 aliphatic rings. The molecule has 7 nitrogen and oxygen atoms in total. The number of carbonyl (C=O) groups excluding carboxylic acids is 1. The number of hydrogen-bond donors (Lipinski definition) is 1. The van der Waals surface area contributed by atoms with E-state index in [9.17, 15) is 4.79 Å². The molecule has 0 aliphatic carbocycles. The molecular weight excluding hydrogens is 284 g/mol. The first-order valence-corrected chi connectivity index (χ1v) is 7.07. The fourth-order valence-electron chi connectivity index (χ4n) is 2.49. The minimum absolute atomic E-state index is 0.0181. The fourth-order valence-corrected chi connectivity index (χ4v) is 2.49. The van der Waals surface area contributed by atoms with Crippen LogP contribution in [0.15, 0.2) is 23.0 Å². The van der Waals surface area contributed by atoms with Crippen molar-refractivity contribution in [3.63, 3.8) is 0 Å². The average Bonchev–Trinajstić information content (AvgIpc) is 2.52. The van der Waals surface area contributed by atoms with Gasteiger partial charge in [0.2, 0.25) is 6.41 Å². The summed E-state index contributed by atoms with van der Waals surface area (Å²) < 4.78 is 7.01. The Morgan fingerprint density at radius 2 is 1.91 bits per heavy atom. The number of carbonyl (C=O) groups is 1. The predicted octanol–water partition coefficient (Wildman–Crippen LogP) is 0.249. The first kappa shape index (κ1) is 16.0. The smallest absolute Gasteiger partial charge is 0.263 e. The number of amides is 1. The lowest BCUT2D eigenvalue weighted by atomic mass is 10.2. The highest BCUT2D eigenvalue weighted by atomic mass is 16.5. The topological polar surface area (TPSA) is 89.9 Å². The zero-order valence-corrected chi connectivity index (χ0v) is 12.8. The van der Waals surface area contributed by atoms with Crippen LogP contribution in [0.3, 0.4) is 0 Å². The molecule has 0 spiro atoms. The molecule has 0 saturated carbocycles. The molecule has 118 valence electrons. The third kappa shape index (κ3) is 3.09. The van der Waals surface area contributed by atoms with Gasteiger partial charge < -0.3 is 15.4 Å². The molecular formula is C15H20N4O3. The molecule has 2 aromatic heterocycles. The van der Waals surface area contributed by atoms with Gasteiger partial charge in [0.15, 0.2) is 0 Å². The zero-order valence-electron chi connectivity index (χ0n) is 12.8. The first-order chi connectivity index (χ1) is 10.6. The summed E-state index contributed by atoms with van der Waals surface area (Å²) in [5.74, 6) is 0.791. The average molecular weight is 304 g/mol. The Morgan fingerprint density at radius 1 is 1.27 bits per heavy atom. The molecule has 0 bridgehead atoms. The van der Waals surface area contributed by atoms with Gasteiger partial charge in [0, 0.05) is 18.8 Å². The summed E-state index contributed by atoms with van der Waals surface area (Å²) in [7, 11) is 0. The van der Waals surface area contributed by atoms with Crippen LogP contribution in [-0.4, -0.2) is 42.1 Å². The number of aryl methyl sites for hydroxylation is 1. The van der Waals surface area contributed by atoms with Crippen LogP contribution in [0.1, 0.15) is 11.3 Å². The lowest BCUT2D eigenvalue weighted by Crippen LogP contribution is -2.38. The highest BCUT2D eigenvalue weighted by molar-refractivity contribution is 5.53. The van der Waals surface area contributed by atoms with Crippen LogP contribution < -0.4 is 16.2 Å². The van der Waals surface area contributed by atoms with E-state index < -0.39 is 0 Å². The Kier molecular flexibility index (Phi) is 5.11. The van der Waals surface area contributed by atoms with Crippen molar-refractivity contribution in [1.82, 2.24) is 9.38 Å². The van der Waals surface area contributed by atoms with Crippen molar-refractivity contribution >= 4 is 17.9 Å². The molecule has 3 rings (SSSR count). The summed E-state index contributed by atoms with van der Waals surface area (Å²) in [6.07, 6.45) is 0.250. The summed E-state index contributed by atoms with van der Waals surface area (Å²) in [5, 5.41) is 0. The Bertz CT molecular complexity index is 721. The number of primary amides is 1. The van der Waals surface area contributed by atoms with E-state index in [1.54, 1.807) is 4.40 Å². The highest BCUT2D eigenvalue weighted by Gasteiger charge is 2.18. The Balaban J connectivity index is 0.000000545. The number of pyridine rings is 1. The van der Waals surface area contributed by atoms with Crippen molar-refractivity contribution in [2.75, 3.05) is 31.2 Å². The van der Waals surface area contributed by atoms with Gasteiger partial charge in [-0.25, -0.2) is 4.98 Å². The summed E-state index contributed by atoms with van der Waals surface area (Å²) in [6.45, 7) is 6.72. The Morgan fingerprint density at radius 3 is 2.55 bits per heavy atom. The molecule has 1 aliphatic heterocycles. The summed E-state index contributed by atoms with van der Waals surface area (Å²) in [5.41, 5.74) is 6.50. The molecule has 0 unspecified atom stereocenters. The van der Waals surface area contributed by atoms with Crippen LogP contribution in [-0.2, 0) is 9.53 Å². The van der Waals surface area contributed by atoms with Crippen molar-refractivity contribution in [2.24, 2.45) is 5.73 Å². The van der Waals surface area contributed by atoms with E-state index in [4.69, 9.17) is 9.53 Å². The summed E-state index contributed by atoms with van der Waals surface area (Å²) in [4.78, 5) is 27.8. The van der Waals surface area contributed by atoms with Gasteiger partial charge in [0.05, 0.1) is 18.8 Å². The maximum Gasteiger partial charge on any atom is 0.263 e. The van der Waals surface area contributed by atoms with Crippen molar-refractivity contribution < 1.29 is 9.53 Å². The number of aromatic nitrogens is 2. The molecule has 7 heteroatoms. The van der Waals surface area contributed by atoms with E-state index in [2.05, 4.69) is 15.6 Å². The van der Waals surface area contributed by atoms with Crippen molar-refractivity contribution in [2.45, 2.75) is 13.8 Å². The molecule has 0 radical (unpaired) electrons. The largest absolute Gasteiger partial charge is 0.378 e. The molecule has 22 heavy (non-hydrogen) atoms. The van der Waals surface area contributed by atoms with Gasteiger partial charge >= 0.3 is 0 Å². The van der Waals surface area contributed by atoms with Gasteiger partial charge in [-0.3, -0.25) is 14.0 Å². The molecule has 1 saturated heterocycles. The van der Waals surface area contributed by atoms with Gasteiger partial charge in [-0.2, -0.15) is 0 Å². The lowest BCUT2D eigenvalue weighted by Gasteiger charge is -2.29. The number of morpholine rings is 1. The van der Waals surface area contributed by atoms with E-state index >= 15 is 0 Å². The Hall–Kier alpha value is -2.41. The van der Waals surface area contributed by atoms with E-state index in [1.807, 2.05) is 32.0 Å². The minimum Gasteiger partial charge on any atom is -0.378 e. The summed E-state index contributed by atoms with van der Waals surface area (Å²) in [6, 6.07) is 5.72. The first-order valence-electron chi connectivity index (χ1n) is 7.07. The van der Waals surface area contributed by atoms with Gasteiger partial charge in [-0.15, -0.1) is 0 Å². The van der Waals surface area contributed by atoms with Crippen molar-refractivity contribution in [1.29, 1.82) is 0 Å². The lowest BCUT2D eigenvalue weighted by molar-refractivity contribution is -0.106. The second kappa shape index (κ2) is 7.04. The number of anilines is 1. The SMILES string of the molecule is Cc1c(N2CCOCC2)nc2cccc(C)n2c1=O.NC=O. The van der Waals surface area contributed by atoms with Crippen LogP contribution >= 0.6 is 0 Å². The number of ether oxygens (including phenoxy) is 1. The van der Waals surface area contributed by atoms with E-state index in [-0.39, 0.29) is 12.0 Å². The van der Waals surface area contributed by atoms with Crippen LogP contribution in [0.25, 0.3) is 5.65 Å². The number of hydrogen-bond acceptors (Lipinski definition) is 5. The van der Waals surface area contributed by atoms with E-state index in [0.717, 1.165) is 24.6 Å². The fraction of sp³-hybridized carbons (Fsp3) is 0.400. The van der Waals surface area contributed by atoms with Gasteiger partial charge in [-0.1, -0.05) is 6.07 Å². The van der Waals surface area contributed by atoms with Gasteiger partial charge in [0.25, 0.3) is 5.56 Å². The quantitative estimate of drug-likeness (QED) is 0.763. The van der Waals surface area contributed by atoms with Gasteiger partial charge in [0.1, 0.15) is 11.5 Å². The van der Waals surface area contributed by atoms with Crippen molar-refractivity contribution in [3.05, 3.63) is 39.8 Å². The standard InChI is InChI=1S/C14H17N3O2.CH3NO/c1-10-4-3-5-12-15-13(11(2)14(18)17(10)12)16-6-8-19-9-7-16;2-1-3/h3-5H,6-9H2,1-2H3;1H,(H2,2,3). The number of rotatable bonds is 1. The molecule has 0 atom stereocenters. The van der Waals surface area contributed by atoms with E-state index in [0.29, 0.717) is 24.4 Å². The van der Waals surface area contributed by atoms with Gasteiger partial charge in [-0.05, 0) is 26.0 Å². The van der Waals surface area contributed by atoms with Crippen LogP contribution in [0.5, 0.6) is 0 Å². The number of nitrogens with zero attached hydrogens (tertiary/aromatic N) is 3. The molecule has 1 fully saturated rings. The molecule has 2 aromatic rings. The third-order valence-electron chi connectivity index (χ3n) is 3.55. The van der Waals surface area contributed by atoms with Crippen molar-refractivity contribution in [3.8, 4) is 0 Å². The maximum absolute atomic E-state index is 12.5. The number of fused-ring (bicyclic) bond motifs is 1. The minimum atomic E-state index is 0.0181. The Labute approximate surface area is 128 Å². The highest BCUT2D eigenvalue weighted by Crippen LogP contribution is 2.17. The third-order valence-corrected chi connectivity index (χ3v) is 3.55. The monoisotopic (exact) mass is 304 g/mol.